The summed E-state index contributed by atoms with van der Waals surface area (Å²) in [6, 6.07) is 0. The molecule has 0 spiro atoms. The van der Waals surface area contributed by atoms with Crippen LogP contribution in [0.25, 0.3) is 0 Å². The van der Waals surface area contributed by atoms with Crippen LogP contribution in [0.4, 0.5) is 9.59 Å². The molecule has 0 fully saturated rings. The van der Waals surface area contributed by atoms with E-state index in [-0.39, 0.29) is 13.2 Å². The highest BCUT2D eigenvalue weighted by Crippen LogP contribution is 2.22. The molecule has 1 aliphatic carbocycles. The quantitative estimate of drug-likeness (QED) is 0.762. The third-order valence-electron chi connectivity index (χ3n) is 2.45. The van der Waals surface area contributed by atoms with E-state index in [4.69, 9.17) is 9.47 Å². The summed E-state index contributed by atoms with van der Waals surface area (Å²) in [6.07, 6.45) is 4.24. The topological polar surface area (TPSA) is 55.8 Å². The molecule has 0 N–H and O–H groups in total. The van der Waals surface area contributed by atoms with Gasteiger partial charge in [-0.05, 0) is 39.5 Å². The van der Waals surface area contributed by atoms with E-state index in [1.165, 1.54) is 0 Å². The number of hydrogen-bond acceptors (Lipinski definition) is 4. The van der Waals surface area contributed by atoms with Gasteiger partial charge >= 0.3 is 12.2 Å². The van der Waals surface area contributed by atoms with Crippen LogP contribution in [0.1, 0.15) is 39.5 Å². The van der Waals surface area contributed by atoms with Crippen molar-refractivity contribution in [1.29, 1.82) is 0 Å². The molecule has 1 aliphatic rings. The van der Waals surface area contributed by atoms with Crippen LogP contribution in [-0.2, 0) is 9.47 Å². The van der Waals surface area contributed by atoms with Gasteiger partial charge in [0.15, 0.2) is 0 Å². The molecular weight excluding hydrogens is 222 g/mol. The van der Waals surface area contributed by atoms with Crippen molar-refractivity contribution in [2.24, 2.45) is 0 Å². The zero-order valence-corrected chi connectivity index (χ0v) is 10.4. The maximum Gasteiger partial charge on any atom is 0.423 e. The van der Waals surface area contributed by atoms with Crippen molar-refractivity contribution < 1.29 is 19.1 Å². The lowest BCUT2D eigenvalue weighted by Crippen LogP contribution is -2.37. The Hall–Kier alpha value is -1.52. The minimum absolute atomic E-state index is 0.238. The Morgan fingerprint density at radius 3 is 2.18 bits per heavy atom. The number of amides is 2. The van der Waals surface area contributed by atoms with Crippen LogP contribution in [0.2, 0.25) is 0 Å². The number of allylic oxidation sites excluding steroid dienone is 2. The van der Waals surface area contributed by atoms with Crippen molar-refractivity contribution in [2.75, 3.05) is 13.2 Å². The van der Waals surface area contributed by atoms with Gasteiger partial charge in [-0.2, -0.15) is 4.90 Å². The van der Waals surface area contributed by atoms with Crippen molar-refractivity contribution in [3.8, 4) is 0 Å². The van der Waals surface area contributed by atoms with Crippen LogP contribution in [0, 0.1) is 0 Å². The van der Waals surface area contributed by atoms with Crippen LogP contribution < -0.4 is 0 Å². The molecule has 0 saturated heterocycles. The molecule has 0 aromatic heterocycles. The first-order chi connectivity index (χ1) is 8.20. The Bertz CT molecular complexity index is 294. The molecule has 0 saturated carbocycles. The number of carbonyl (C=O) groups excluding carboxylic acids is 2. The van der Waals surface area contributed by atoms with Gasteiger partial charge in [0.2, 0.25) is 0 Å². The average molecular weight is 241 g/mol. The molecule has 5 nitrogen and oxygen atoms in total. The van der Waals surface area contributed by atoms with Gasteiger partial charge in [-0.25, -0.2) is 9.59 Å². The highest BCUT2D eigenvalue weighted by atomic mass is 16.6. The number of nitrogens with zero attached hydrogens (tertiary/aromatic N) is 1. The van der Waals surface area contributed by atoms with Gasteiger partial charge in [0, 0.05) is 5.70 Å². The van der Waals surface area contributed by atoms with Gasteiger partial charge in [0.25, 0.3) is 0 Å². The molecule has 0 radical (unpaired) electrons. The van der Waals surface area contributed by atoms with Crippen LogP contribution >= 0.6 is 0 Å². The van der Waals surface area contributed by atoms with Crippen molar-refractivity contribution >= 4 is 12.2 Å². The number of hydrogen-bond donors (Lipinski definition) is 0. The van der Waals surface area contributed by atoms with Crippen molar-refractivity contribution in [1.82, 2.24) is 4.90 Å². The number of rotatable bonds is 3. The van der Waals surface area contributed by atoms with Crippen LogP contribution in [0.15, 0.2) is 11.8 Å². The first-order valence-corrected chi connectivity index (χ1v) is 6.03. The molecule has 0 aromatic rings. The highest BCUT2D eigenvalue weighted by Gasteiger charge is 2.28. The lowest BCUT2D eigenvalue weighted by Gasteiger charge is -2.24. The van der Waals surface area contributed by atoms with Crippen LogP contribution in [0.5, 0.6) is 0 Å². The fourth-order valence-corrected chi connectivity index (χ4v) is 1.71. The zero-order valence-electron chi connectivity index (χ0n) is 10.4. The zero-order chi connectivity index (χ0) is 12.7. The molecule has 0 aromatic carbocycles. The Kier molecular flexibility index (Phi) is 5.52. The number of ether oxygens (including phenoxy) is 2. The largest absolute Gasteiger partial charge is 0.449 e. The lowest BCUT2D eigenvalue weighted by atomic mass is 10.0. The summed E-state index contributed by atoms with van der Waals surface area (Å²) in [5.41, 5.74) is 0.688. The molecule has 5 heteroatoms. The SMILES string of the molecule is CCOC(=O)N(C(=O)OCC)C1=CCCCC1. The summed E-state index contributed by atoms with van der Waals surface area (Å²) in [6.45, 7) is 3.89. The second-order valence-electron chi connectivity index (χ2n) is 3.67. The Balaban J connectivity index is 2.80. The minimum atomic E-state index is -0.654. The van der Waals surface area contributed by atoms with E-state index in [9.17, 15) is 9.59 Å². The number of carbonyl (C=O) groups is 2. The van der Waals surface area contributed by atoms with E-state index < -0.39 is 12.2 Å². The molecule has 0 aliphatic heterocycles. The summed E-state index contributed by atoms with van der Waals surface area (Å²) < 4.78 is 9.74. The van der Waals surface area contributed by atoms with Gasteiger partial charge in [-0.3, -0.25) is 0 Å². The molecule has 0 atom stereocenters. The third-order valence-corrected chi connectivity index (χ3v) is 2.45. The third kappa shape index (κ3) is 3.76. The van der Waals surface area contributed by atoms with Gasteiger partial charge < -0.3 is 9.47 Å². The predicted molar refractivity (Wildman–Crippen MR) is 62.4 cm³/mol. The Morgan fingerprint density at radius 1 is 1.18 bits per heavy atom. The lowest BCUT2D eigenvalue weighted by molar-refractivity contribution is 0.0901. The first kappa shape index (κ1) is 13.5. The molecule has 1 rings (SSSR count). The smallest absolute Gasteiger partial charge is 0.423 e. The number of imide groups is 1. The summed E-state index contributed by atoms with van der Waals surface area (Å²) in [7, 11) is 0. The molecule has 17 heavy (non-hydrogen) atoms. The first-order valence-electron chi connectivity index (χ1n) is 6.03. The highest BCUT2D eigenvalue weighted by molar-refractivity contribution is 5.90. The summed E-state index contributed by atoms with van der Waals surface area (Å²) in [5, 5.41) is 0. The standard InChI is InChI=1S/C12H19NO4/c1-3-16-11(14)13(12(15)17-4-2)10-8-6-5-7-9-10/h8H,3-7,9H2,1-2H3. The second-order valence-corrected chi connectivity index (χ2v) is 3.67. The molecule has 0 unspecified atom stereocenters. The molecular formula is C12H19NO4. The van der Waals surface area contributed by atoms with E-state index >= 15 is 0 Å². The van der Waals surface area contributed by atoms with E-state index in [0.29, 0.717) is 12.1 Å². The Morgan fingerprint density at radius 2 is 1.76 bits per heavy atom. The van der Waals surface area contributed by atoms with E-state index in [1.807, 2.05) is 6.08 Å². The van der Waals surface area contributed by atoms with Gasteiger partial charge in [0.05, 0.1) is 13.2 Å². The molecule has 0 bridgehead atoms. The normalized spacial score (nSPS) is 14.8. The van der Waals surface area contributed by atoms with Crippen LogP contribution in [-0.4, -0.2) is 30.3 Å². The summed E-state index contributed by atoms with van der Waals surface area (Å²) in [4.78, 5) is 24.4. The monoisotopic (exact) mass is 241 g/mol. The Labute approximate surface area is 101 Å². The maximum absolute atomic E-state index is 11.7. The van der Waals surface area contributed by atoms with E-state index in [2.05, 4.69) is 0 Å². The van der Waals surface area contributed by atoms with Gasteiger partial charge in [-0.1, -0.05) is 6.08 Å². The molecule has 2 amide bonds. The predicted octanol–water partition coefficient (Wildman–Crippen LogP) is 3.06. The molecule has 96 valence electrons. The average Bonchev–Trinajstić information content (AvgIpc) is 2.31. The van der Waals surface area contributed by atoms with E-state index in [0.717, 1.165) is 24.2 Å². The fourth-order valence-electron chi connectivity index (χ4n) is 1.71. The fraction of sp³-hybridized carbons (Fsp3) is 0.667. The molecule has 0 heterocycles. The van der Waals surface area contributed by atoms with Crippen molar-refractivity contribution in [3.63, 3.8) is 0 Å². The van der Waals surface area contributed by atoms with Crippen LogP contribution in [0.3, 0.4) is 0 Å². The second kappa shape index (κ2) is 6.93. The summed E-state index contributed by atoms with van der Waals surface area (Å²) >= 11 is 0. The van der Waals surface area contributed by atoms with Gasteiger partial charge in [0.1, 0.15) is 0 Å². The minimum Gasteiger partial charge on any atom is -0.449 e. The van der Waals surface area contributed by atoms with Crippen molar-refractivity contribution in [3.05, 3.63) is 11.8 Å². The van der Waals surface area contributed by atoms with Crippen molar-refractivity contribution in [2.45, 2.75) is 39.5 Å². The van der Waals surface area contributed by atoms with E-state index in [1.54, 1.807) is 13.8 Å². The summed E-state index contributed by atoms with van der Waals surface area (Å²) in [5.74, 6) is 0. The van der Waals surface area contributed by atoms with Gasteiger partial charge in [-0.15, -0.1) is 0 Å². The maximum atomic E-state index is 11.7.